The number of hydrogen-bond acceptors (Lipinski definition) is 3. The van der Waals surface area contributed by atoms with Gasteiger partial charge in [0.15, 0.2) is 0 Å². The SMILES string of the molecule is Cc1cc(NCC(C)(C)CCO)ccc1N. The van der Waals surface area contributed by atoms with Crippen molar-refractivity contribution in [1.82, 2.24) is 0 Å². The van der Waals surface area contributed by atoms with E-state index < -0.39 is 0 Å². The van der Waals surface area contributed by atoms with Gasteiger partial charge in [0.05, 0.1) is 0 Å². The van der Waals surface area contributed by atoms with Gasteiger partial charge in [0.2, 0.25) is 0 Å². The summed E-state index contributed by atoms with van der Waals surface area (Å²) in [6, 6.07) is 5.94. The third-order valence-electron chi connectivity index (χ3n) is 2.83. The Labute approximate surface area is 97.7 Å². The summed E-state index contributed by atoms with van der Waals surface area (Å²) in [6.45, 7) is 7.35. The van der Waals surface area contributed by atoms with Crippen molar-refractivity contribution in [2.75, 3.05) is 24.2 Å². The number of nitrogens with one attached hydrogen (secondary N) is 1. The van der Waals surface area contributed by atoms with Crippen molar-refractivity contribution >= 4 is 11.4 Å². The van der Waals surface area contributed by atoms with Crippen molar-refractivity contribution in [2.45, 2.75) is 27.2 Å². The molecule has 0 aromatic heterocycles. The van der Waals surface area contributed by atoms with E-state index in [4.69, 9.17) is 10.8 Å². The minimum absolute atomic E-state index is 0.101. The number of rotatable bonds is 5. The molecule has 0 bridgehead atoms. The van der Waals surface area contributed by atoms with Gasteiger partial charge in [-0.2, -0.15) is 0 Å². The van der Waals surface area contributed by atoms with Crippen LogP contribution in [0.15, 0.2) is 18.2 Å². The quantitative estimate of drug-likeness (QED) is 0.670. The summed E-state index contributed by atoms with van der Waals surface area (Å²) >= 11 is 0. The third kappa shape index (κ3) is 3.74. The Bertz CT molecular complexity index is 348. The first-order valence-electron chi connectivity index (χ1n) is 5.65. The molecule has 1 aromatic carbocycles. The van der Waals surface area contributed by atoms with Crippen LogP contribution in [-0.2, 0) is 0 Å². The fourth-order valence-electron chi connectivity index (χ4n) is 1.52. The van der Waals surface area contributed by atoms with Crippen LogP contribution in [0.1, 0.15) is 25.8 Å². The molecule has 0 aliphatic rings. The highest BCUT2D eigenvalue weighted by Crippen LogP contribution is 2.22. The molecule has 4 N–H and O–H groups in total. The molecular formula is C13H22N2O. The molecule has 0 saturated heterocycles. The van der Waals surface area contributed by atoms with Crippen molar-refractivity contribution in [3.05, 3.63) is 23.8 Å². The van der Waals surface area contributed by atoms with E-state index in [1.165, 1.54) is 0 Å². The zero-order valence-corrected chi connectivity index (χ0v) is 10.4. The molecule has 0 saturated carbocycles. The Kier molecular flexibility index (Phi) is 4.19. The number of nitrogen functional groups attached to an aromatic ring is 1. The Morgan fingerprint density at radius 1 is 1.38 bits per heavy atom. The van der Waals surface area contributed by atoms with Gasteiger partial charge in [-0.15, -0.1) is 0 Å². The standard InChI is InChI=1S/C13H22N2O/c1-10-8-11(4-5-12(10)14)15-9-13(2,3)6-7-16/h4-5,8,15-16H,6-7,9,14H2,1-3H3. The smallest absolute Gasteiger partial charge is 0.0436 e. The van der Waals surface area contributed by atoms with Crippen LogP contribution < -0.4 is 11.1 Å². The third-order valence-corrected chi connectivity index (χ3v) is 2.83. The number of anilines is 2. The topological polar surface area (TPSA) is 58.3 Å². The number of aryl methyl sites for hydroxylation is 1. The summed E-state index contributed by atoms with van der Waals surface area (Å²) in [7, 11) is 0. The average Bonchev–Trinajstić information content (AvgIpc) is 2.20. The average molecular weight is 222 g/mol. The largest absolute Gasteiger partial charge is 0.399 e. The lowest BCUT2D eigenvalue weighted by Gasteiger charge is -2.24. The first kappa shape index (κ1) is 12.8. The Hall–Kier alpha value is -1.22. The van der Waals surface area contributed by atoms with E-state index in [9.17, 15) is 0 Å². The highest BCUT2D eigenvalue weighted by atomic mass is 16.3. The molecule has 0 radical (unpaired) electrons. The number of aliphatic hydroxyl groups excluding tert-OH is 1. The summed E-state index contributed by atoms with van der Waals surface area (Å²) in [6.07, 6.45) is 0.800. The number of nitrogens with two attached hydrogens (primary N) is 1. The summed E-state index contributed by atoms with van der Waals surface area (Å²) in [5.74, 6) is 0. The maximum atomic E-state index is 8.94. The lowest BCUT2D eigenvalue weighted by molar-refractivity contribution is 0.220. The molecule has 90 valence electrons. The second-order valence-corrected chi connectivity index (χ2v) is 5.06. The molecular weight excluding hydrogens is 200 g/mol. The highest BCUT2D eigenvalue weighted by Gasteiger charge is 2.16. The molecule has 0 aliphatic heterocycles. The van der Waals surface area contributed by atoms with Crippen LogP contribution in [0.4, 0.5) is 11.4 Å². The highest BCUT2D eigenvalue weighted by molar-refractivity contribution is 5.56. The second kappa shape index (κ2) is 5.21. The van der Waals surface area contributed by atoms with E-state index in [1.54, 1.807) is 0 Å². The van der Waals surface area contributed by atoms with E-state index in [0.29, 0.717) is 0 Å². The minimum atomic E-state index is 0.101. The van der Waals surface area contributed by atoms with Crippen LogP contribution in [0.2, 0.25) is 0 Å². The van der Waals surface area contributed by atoms with E-state index >= 15 is 0 Å². The maximum Gasteiger partial charge on any atom is 0.0436 e. The fourth-order valence-corrected chi connectivity index (χ4v) is 1.52. The monoisotopic (exact) mass is 222 g/mol. The van der Waals surface area contributed by atoms with Crippen molar-refractivity contribution < 1.29 is 5.11 Å². The minimum Gasteiger partial charge on any atom is -0.399 e. The molecule has 0 atom stereocenters. The normalized spacial score (nSPS) is 11.5. The van der Waals surface area contributed by atoms with Gasteiger partial charge >= 0.3 is 0 Å². The van der Waals surface area contributed by atoms with Gasteiger partial charge in [0, 0.05) is 24.5 Å². The Morgan fingerprint density at radius 2 is 2.06 bits per heavy atom. The lowest BCUT2D eigenvalue weighted by Crippen LogP contribution is -2.24. The summed E-state index contributed by atoms with van der Waals surface area (Å²) < 4.78 is 0. The first-order valence-corrected chi connectivity index (χ1v) is 5.65. The molecule has 1 rings (SSSR count). The molecule has 16 heavy (non-hydrogen) atoms. The van der Waals surface area contributed by atoms with E-state index in [1.807, 2.05) is 25.1 Å². The van der Waals surface area contributed by atoms with Crippen LogP contribution in [-0.4, -0.2) is 18.3 Å². The number of benzene rings is 1. The maximum absolute atomic E-state index is 8.94. The zero-order chi connectivity index (χ0) is 12.2. The Morgan fingerprint density at radius 3 is 2.62 bits per heavy atom. The van der Waals surface area contributed by atoms with Crippen molar-refractivity contribution in [1.29, 1.82) is 0 Å². The molecule has 0 fully saturated rings. The van der Waals surface area contributed by atoms with Crippen LogP contribution in [0.5, 0.6) is 0 Å². The number of aliphatic hydroxyl groups is 1. The zero-order valence-electron chi connectivity index (χ0n) is 10.4. The molecule has 0 amide bonds. The van der Waals surface area contributed by atoms with E-state index in [2.05, 4.69) is 19.2 Å². The number of hydrogen-bond donors (Lipinski definition) is 3. The first-order chi connectivity index (χ1) is 7.44. The molecule has 0 heterocycles. The molecule has 0 aliphatic carbocycles. The molecule has 3 heteroatoms. The fraction of sp³-hybridized carbons (Fsp3) is 0.538. The molecule has 0 unspecified atom stereocenters. The van der Waals surface area contributed by atoms with E-state index in [0.717, 1.165) is 29.9 Å². The van der Waals surface area contributed by atoms with Crippen molar-refractivity contribution in [3.8, 4) is 0 Å². The van der Waals surface area contributed by atoms with Gasteiger partial charge in [-0.25, -0.2) is 0 Å². The molecule has 0 spiro atoms. The Balaban J connectivity index is 2.57. The van der Waals surface area contributed by atoms with Crippen LogP contribution in [0.25, 0.3) is 0 Å². The predicted octanol–water partition coefficient (Wildman–Crippen LogP) is 2.40. The van der Waals surface area contributed by atoms with Gasteiger partial charge in [0.25, 0.3) is 0 Å². The molecule has 3 nitrogen and oxygen atoms in total. The van der Waals surface area contributed by atoms with Crippen LogP contribution in [0, 0.1) is 12.3 Å². The van der Waals surface area contributed by atoms with Gasteiger partial charge in [-0.3, -0.25) is 0 Å². The van der Waals surface area contributed by atoms with Crippen LogP contribution >= 0.6 is 0 Å². The van der Waals surface area contributed by atoms with E-state index in [-0.39, 0.29) is 12.0 Å². The van der Waals surface area contributed by atoms with Gasteiger partial charge in [-0.05, 0) is 42.5 Å². The lowest BCUT2D eigenvalue weighted by atomic mass is 9.89. The molecule has 1 aromatic rings. The van der Waals surface area contributed by atoms with Gasteiger partial charge in [-0.1, -0.05) is 13.8 Å². The summed E-state index contributed by atoms with van der Waals surface area (Å²) in [5.41, 5.74) is 8.85. The van der Waals surface area contributed by atoms with Gasteiger partial charge in [0.1, 0.15) is 0 Å². The van der Waals surface area contributed by atoms with Gasteiger partial charge < -0.3 is 16.2 Å². The van der Waals surface area contributed by atoms with Crippen LogP contribution in [0.3, 0.4) is 0 Å². The van der Waals surface area contributed by atoms with Crippen molar-refractivity contribution in [2.24, 2.45) is 5.41 Å². The predicted molar refractivity (Wildman–Crippen MR) is 69.6 cm³/mol. The van der Waals surface area contributed by atoms with Crippen molar-refractivity contribution in [3.63, 3.8) is 0 Å². The summed E-state index contributed by atoms with van der Waals surface area (Å²) in [4.78, 5) is 0. The second-order valence-electron chi connectivity index (χ2n) is 5.06. The summed E-state index contributed by atoms with van der Waals surface area (Å²) in [5, 5.41) is 12.3.